The highest BCUT2D eigenvalue weighted by atomic mass is 19.1. The largest absolute Gasteiger partial charge is 0.490 e. The average Bonchev–Trinajstić information content (AvgIpc) is 3.67. The third-order valence-electron chi connectivity index (χ3n) is 6.71. The smallest absolute Gasteiger partial charge is 0.306 e. The predicted octanol–water partition coefficient (Wildman–Crippen LogP) is 5.26. The maximum atomic E-state index is 14.5. The van der Waals surface area contributed by atoms with Gasteiger partial charge in [0.05, 0.1) is 17.6 Å². The van der Waals surface area contributed by atoms with Crippen molar-refractivity contribution in [3.63, 3.8) is 0 Å². The second-order valence-corrected chi connectivity index (χ2v) is 9.36. The third kappa shape index (κ3) is 6.44. The number of hydrogen-bond donors (Lipinski definition) is 2. The lowest BCUT2D eigenvalue weighted by Crippen LogP contribution is -2.27. The van der Waals surface area contributed by atoms with Gasteiger partial charge < -0.3 is 15.2 Å². The highest BCUT2D eigenvalue weighted by Gasteiger charge is 2.28. The lowest BCUT2D eigenvalue weighted by molar-refractivity contribution is -0.143. The Labute approximate surface area is 202 Å². The number of aliphatic carboxylic acids is 1. The van der Waals surface area contributed by atoms with Crippen molar-refractivity contribution in [3.8, 4) is 5.75 Å². The normalized spacial score (nSPS) is 19.7. The van der Waals surface area contributed by atoms with E-state index in [1.54, 1.807) is 18.2 Å². The number of carbonyl (C=O) groups excluding carboxylic acids is 2. The van der Waals surface area contributed by atoms with Gasteiger partial charge in [0.2, 0.25) is 0 Å². The molecule has 35 heavy (non-hydrogen) atoms. The zero-order valence-corrected chi connectivity index (χ0v) is 19.4. The number of carboxylic acid groups (broad SMARTS) is 1. The van der Waals surface area contributed by atoms with Gasteiger partial charge in [0.25, 0.3) is 5.91 Å². The van der Waals surface area contributed by atoms with Crippen LogP contribution in [0.3, 0.4) is 0 Å². The Kier molecular flexibility index (Phi) is 7.78. The predicted molar refractivity (Wildman–Crippen MR) is 125 cm³/mol. The molecule has 2 aliphatic carbocycles. The van der Waals surface area contributed by atoms with Gasteiger partial charge in [-0.2, -0.15) is 0 Å². The Morgan fingerprint density at radius 1 is 0.943 bits per heavy atom. The molecule has 0 atom stereocenters. The first-order valence-corrected chi connectivity index (χ1v) is 12.1. The molecule has 2 aromatic carbocycles. The number of benzene rings is 2. The van der Waals surface area contributed by atoms with Crippen molar-refractivity contribution in [2.45, 2.75) is 63.4 Å². The molecule has 0 aromatic heterocycles. The van der Waals surface area contributed by atoms with E-state index in [4.69, 9.17) is 9.84 Å². The minimum Gasteiger partial charge on any atom is -0.490 e. The quantitative estimate of drug-likeness (QED) is 0.354. The summed E-state index contributed by atoms with van der Waals surface area (Å²) in [5.74, 6) is -2.43. The molecule has 8 heteroatoms. The van der Waals surface area contributed by atoms with E-state index < -0.39 is 17.7 Å². The summed E-state index contributed by atoms with van der Waals surface area (Å²) >= 11 is 0. The molecule has 2 aliphatic rings. The molecule has 1 amide bonds. The van der Waals surface area contributed by atoms with E-state index in [9.17, 15) is 23.2 Å². The van der Waals surface area contributed by atoms with E-state index in [1.807, 2.05) is 0 Å². The van der Waals surface area contributed by atoms with Crippen LogP contribution in [0.4, 0.5) is 8.78 Å². The molecule has 2 N–H and O–H groups in total. The van der Waals surface area contributed by atoms with Crippen LogP contribution in [-0.2, 0) is 4.79 Å². The van der Waals surface area contributed by atoms with Crippen molar-refractivity contribution in [1.82, 2.24) is 5.32 Å². The summed E-state index contributed by atoms with van der Waals surface area (Å²) in [5.41, 5.74) is 0.837. The number of carbonyl (C=O) groups is 3. The van der Waals surface area contributed by atoms with Crippen LogP contribution in [0.25, 0.3) is 0 Å². The summed E-state index contributed by atoms with van der Waals surface area (Å²) in [6.45, 7) is 0.207. The minimum absolute atomic E-state index is 0.0454. The number of nitrogens with one attached hydrogen (secondary N) is 1. The van der Waals surface area contributed by atoms with Crippen LogP contribution >= 0.6 is 0 Å². The van der Waals surface area contributed by atoms with E-state index in [0.29, 0.717) is 43.4 Å². The van der Waals surface area contributed by atoms with Gasteiger partial charge >= 0.3 is 5.97 Å². The molecule has 0 unspecified atom stereocenters. The van der Waals surface area contributed by atoms with Crippen LogP contribution in [0.1, 0.15) is 83.6 Å². The molecule has 6 nitrogen and oxygen atoms in total. The number of halogens is 2. The van der Waals surface area contributed by atoms with Gasteiger partial charge in [-0.05, 0) is 80.7 Å². The molecule has 2 fully saturated rings. The van der Waals surface area contributed by atoms with Gasteiger partial charge in [-0.25, -0.2) is 8.78 Å². The van der Waals surface area contributed by atoms with Crippen molar-refractivity contribution >= 4 is 17.7 Å². The standard InChI is InChI=1S/C27H29F2NO5/c28-23-14-18(7-11-21(23)16-3-4-16)26(32)30-13-1-2-25(31)22-12-10-20(15-24(22)29)35-19-8-5-17(6-9-19)27(33)34/h7,10-12,14-17,19H,1-6,8-9,13H2,(H,30,32)(H,33,34). The Balaban J connectivity index is 1.21. The molecular weight excluding hydrogens is 456 g/mol. The second kappa shape index (κ2) is 11.0. The fourth-order valence-corrected chi connectivity index (χ4v) is 4.50. The Hall–Kier alpha value is -3.29. The molecule has 2 aromatic rings. The van der Waals surface area contributed by atoms with Crippen LogP contribution in [-0.4, -0.2) is 35.4 Å². The molecule has 0 aliphatic heterocycles. The number of ether oxygens (including phenoxy) is 1. The van der Waals surface area contributed by atoms with E-state index in [2.05, 4.69) is 5.32 Å². The molecule has 0 spiro atoms. The summed E-state index contributed by atoms with van der Waals surface area (Å²) in [5, 5.41) is 11.7. The summed E-state index contributed by atoms with van der Waals surface area (Å²) in [7, 11) is 0. The van der Waals surface area contributed by atoms with Crippen molar-refractivity contribution in [2.75, 3.05) is 6.54 Å². The number of Topliss-reactive ketones (excluding diaryl/α,β-unsaturated/α-hetero) is 1. The first-order chi connectivity index (χ1) is 16.8. The van der Waals surface area contributed by atoms with Gasteiger partial charge in [-0.1, -0.05) is 6.07 Å². The van der Waals surface area contributed by atoms with Crippen molar-refractivity contribution in [3.05, 3.63) is 64.7 Å². The van der Waals surface area contributed by atoms with Gasteiger partial charge in [0.15, 0.2) is 5.78 Å². The first-order valence-electron chi connectivity index (χ1n) is 12.1. The van der Waals surface area contributed by atoms with Crippen LogP contribution in [0.5, 0.6) is 5.75 Å². The maximum absolute atomic E-state index is 14.5. The summed E-state index contributed by atoms with van der Waals surface area (Å²) in [4.78, 5) is 35.7. The van der Waals surface area contributed by atoms with Crippen LogP contribution in [0, 0.1) is 17.6 Å². The SMILES string of the molecule is O=C(NCCCC(=O)c1ccc(OC2CCC(C(=O)O)CC2)cc1F)c1ccc(C2CC2)c(F)c1. The maximum Gasteiger partial charge on any atom is 0.306 e. The van der Waals surface area contributed by atoms with Crippen LogP contribution in [0.2, 0.25) is 0 Å². The highest BCUT2D eigenvalue weighted by Crippen LogP contribution is 2.41. The van der Waals surface area contributed by atoms with Gasteiger partial charge in [-0.3, -0.25) is 14.4 Å². The zero-order chi connectivity index (χ0) is 24.9. The number of hydrogen-bond acceptors (Lipinski definition) is 4. The third-order valence-corrected chi connectivity index (χ3v) is 6.71. The van der Waals surface area contributed by atoms with Crippen LogP contribution in [0.15, 0.2) is 36.4 Å². The fraction of sp³-hybridized carbons (Fsp3) is 0.444. The molecule has 0 bridgehead atoms. The molecule has 186 valence electrons. The van der Waals surface area contributed by atoms with E-state index in [-0.39, 0.29) is 53.6 Å². The fourth-order valence-electron chi connectivity index (χ4n) is 4.50. The second-order valence-electron chi connectivity index (χ2n) is 9.36. The van der Waals surface area contributed by atoms with Crippen LogP contribution < -0.4 is 10.1 Å². The van der Waals surface area contributed by atoms with Gasteiger partial charge in [-0.15, -0.1) is 0 Å². The molecular formula is C27H29F2NO5. The molecule has 0 saturated heterocycles. The first kappa shape index (κ1) is 24.8. The Morgan fingerprint density at radius 3 is 2.31 bits per heavy atom. The summed E-state index contributed by atoms with van der Waals surface area (Å²) < 4.78 is 34.4. The Bertz CT molecular complexity index is 1110. The zero-order valence-electron chi connectivity index (χ0n) is 19.4. The van der Waals surface area contributed by atoms with E-state index in [0.717, 1.165) is 12.8 Å². The summed E-state index contributed by atoms with van der Waals surface area (Å²) in [6.07, 6.45) is 4.36. The monoisotopic (exact) mass is 485 g/mol. The number of carboxylic acids is 1. The average molecular weight is 486 g/mol. The Morgan fingerprint density at radius 2 is 1.69 bits per heavy atom. The van der Waals surface area contributed by atoms with E-state index in [1.165, 1.54) is 18.2 Å². The topological polar surface area (TPSA) is 92.7 Å². The lowest BCUT2D eigenvalue weighted by Gasteiger charge is -2.26. The van der Waals surface area contributed by atoms with Crippen molar-refractivity contribution < 1.29 is 33.0 Å². The molecule has 0 radical (unpaired) electrons. The van der Waals surface area contributed by atoms with Gasteiger partial charge in [0, 0.05) is 24.6 Å². The number of ketones is 1. The van der Waals surface area contributed by atoms with Crippen molar-refractivity contribution in [1.29, 1.82) is 0 Å². The molecule has 2 saturated carbocycles. The number of rotatable bonds is 10. The van der Waals surface area contributed by atoms with Crippen molar-refractivity contribution in [2.24, 2.45) is 5.92 Å². The molecule has 0 heterocycles. The van der Waals surface area contributed by atoms with Gasteiger partial charge in [0.1, 0.15) is 17.4 Å². The number of amides is 1. The summed E-state index contributed by atoms with van der Waals surface area (Å²) in [6, 6.07) is 8.61. The minimum atomic E-state index is -0.798. The molecule has 4 rings (SSSR count). The van der Waals surface area contributed by atoms with E-state index >= 15 is 0 Å². The highest BCUT2D eigenvalue weighted by molar-refractivity contribution is 5.96. The lowest BCUT2D eigenvalue weighted by atomic mass is 9.87.